The molecular weight excluding hydrogens is 346 g/mol. The fourth-order valence-corrected chi connectivity index (χ4v) is 3.80. The average molecular weight is 363 g/mol. The van der Waals surface area contributed by atoms with Gasteiger partial charge in [0, 0.05) is 18.9 Å². The largest absolute Gasteiger partial charge is 0.508 e. The number of nitrogens with zero attached hydrogens (tertiary/aromatic N) is 3. The van der Waals surface area contributed by atoms with Crippen LogP contribution in [0.25, 0.3) is 32.0 Å². The molecule has 1 N–H and O–H groups in total. The number of benzene rings is 2. The molecule has 2 aromatic heterocycles. The van der Waals surface area contributed by atoms with E-state index in [0.29, 0.717) is 6.61 Å². The molecule has 0 radical (unpaired) electrons. The van der Waals surface area contributed by atoms with Gasteiger partial charge >= 0.3 is 0 Å². The molecule has 0 fully saturated rings. The molecular formula is C20H17N3O2S. The second kappa shape index (κ2) is 6.82. The Morgan fingerprint density at radius 3 is 2.81 bits per heavy atom. The van der Waals surface area contributed by atoms with E-state index in [0.717, 1.165) is 43.3 Å². The number of thiazole rings is 1. The lowest BCUT2D eigenvalue weighted by Gasteiger charge is -2.06. The summed E-state index contributed by atoms with van der Waals surface area (Å²) in [7, 11) is 1.64. The fraction of sp³-hybridized carbons (Fsp3) is 0.150. The molecule has 4 rings (SSSR count). The molecule has 0 unspecified atom stereocenters. The number of ether oxygens (including phenoxy) is 1. The molecule has 0 saturated heterocycles. The molecule has 0 aliphatic rings. The molecule has 0 aliphatic heterocycles. The van der Waals surface area contributed by atoms with Crippen molar-refractivity contribution in [2.24, 2.45) is 0 Å². The van der Waals surface area contributed by atoms with E-state index in [2.05, 4.69) is 21.0 Å². The smallest absolute Gasteiger partial charge is 0.126 e. The van der Waals surface area contributed by atoms with Crippen LogP contribution < -0.4 is 0 Å². The van der Waals surface area contributed by atoms with Gasteiger partial charge in [-0.05, 0) is 42.3 Å². The molecule has 130 valence electrons. The lowest BCUT2D eigenvalue weighted by molar-refractivity contribution is 0.181. The summed E-state index contributed by atoms with van der Waals surface area (Å²) in [6.07, 6.45) is 3.57. The molecule has 26 heavy (non-hydrogen) atoms. The lowest BCUT2D eigenvalue weighted by atomic mass is 10.1. The Hall–Kier alpha value is -2.83. The van der Waals surface area contributed by atoms with Crippen molar-refractivity contribution in [2.45, 2.75) is 13.5 Å². The molecule has 0 amide bonds. The zero-order valence-corrected chi connectivity index (χ0v) is 15.2. The highest BCUT2D eigenvalue weighted by atomic mass is 32.1. The molecule has 0 saturated carbocycles. The summed E-state index contributed by atoms with van der Waals surface area (Å²) >= 11 is 1.57. The monoisotopic (exact) mass is 363 g/mol. The molecule has 6 heteroatoms. The second-order valence-electron chi connectivity index (χ2n) is 6.05. The van der Waals surface area contributed by atoms with Gasteiger partial charge < -0.3 is 9.84 Å². The predicted molar refractivity (Wildman–Crippen MR) is 103 cm³/mol. The van der Waals surface area contributed by atoms with E-state index in [1.165, 1.54) is 0 Å². The van der Waals surface area contributed by atoms with Gasteiger partial charge in [0.25, 0.3) is 0 Å². The number of methoxy groups -OCH3 is 1. The standard InChI is InChI=1S/C20H17N3O2S/c1-12-6-16(19-17(7-12)23-14(9-21-19)11-25-2)20-22-10-18(26-20)13-4-3-5-15(24)8-13/h3-10,24H,11H2,1-2H3. The zero-order chi connectivity index (χ0) is 18.1. The topological polar surface area (TPSA) is 68.1 Å². The van der Waals surface area contributed by atoms with Crippen molar-refractivity contribution in [3.8, 4) is 26.8 Å². The van der Waals surface area contributed by atoms with Crippen LogP contribution in [0, 0.1) is 6.92 Å². The lowest BCUT2D eigenvalue weighted by Crippen LogP contribution is -1.96. The number of hydrogen-bond acceptors (Lipinski definition) is 6. The number of hydrogen-bond donors (Lipinski definition) is 1. The minimum absolute atomic E-state index is 0.245. The van der Waals surface area contributed by atoms with Gasteiger partial charge in [-0.1, -0.05) is 12.1 Å². The van der Waals surface area contributed by atoms with Crippen LogP contribution in [0.1, 0.15) is 11.3 Å². The maximum absolute atomic E-state index is 9.70. The summed E-state index contributed by atoms with van der Waals surface area (Å²) in [5.74, 6) is 0.245. The van der Waals surface area contributed by atoms with Crippen molar-refractivity contribution in [3.63, 3.8) is 0 Å². The third-order valence-electron chi connectivity index (χ3n) is 4.00. The van der Waals surface area contributed by atoms with Crippen LogP contribution in [0.3, 0.4) is 0 Å². The SMILES string of the molecule is COCc1cnc2c(-c3ncc(-c4cccc(O)c4)s3)cc(C)cc2n1. The summed E-state index contributed by atoms with van der Waals surface area (Å²) in [4.78, 5) is 14.8. The van der Waals surface area contributed by atoms with Crippen LogP contribution in [0.15, 0.2) is 48.8 Å². The van der Waals surface area contributed by atoms with E-state index in [-0.39, 0.29) is 5.75 Å². The van der Waals surface area contributed by atoms with E-state index >= 15 is 0 Å². The normalized spacial score (nSPS) is 11.2. The molecule has 0 spiro atoms. The van der Waals surface area contributed by atoms with Crippen LogP contribution in [0.5, 0.6) is 5.75 Å². The van der Waals surface area contributed by atoms with Gasteiger partial charge in [-0.2, -0.15) is 0 Å². The Bertz CT molecular complexity index is 1090. The average Bonchev–Trinajstić information content (AvgIpc) is 3.11. The first-order valence-corrected chi connectivity index (χ1v) is 8.96. The molecule has 4 aromatic rings. The van der Waals surface area contributed by atoms with Gasteiger partial charge in [-0.3, -0.25) is 4.98 Å². The Morgan fingerprint density at radius 2 is 2.00 bits per heavy atom. The van der Waals surface area contributed by atoms with E-state index in [4.69, 9.17) is 4.74 Å². The second-order valence-corrected chi connectivity index (χ2v) is 7.09. The van der Waals surface area contributed by atoms with E-state index in [9.17, 15) is 5.11 Å². The van der Waals surface area contributed by atoms with Crippen LogP contribution in [0.4, 0.5) is 0 Å². The Morgan fingerprint density at radius 1 is 1.12 bits per heavy atom. The van der Waals surface area contributed by atoms with E-state index in [1.807, 2.05) is 31.3 Å². The highest BCUT2D eigenvalue weighted by molar-refractivity contribution is 7.18. The number of phenols is 1. The summed E-state index contributed by atoms with van der Waals surface area (Å²) in [6, 6.07) is 11.3. The quantitative estimate of drug-likeness (QED) is 0.575. The number of rotatable bonds is 4. The third kappa shape index (κ3) is 3.16. The highest BCUT2D eigenvalue weighted by Crippen LogP contribution is 2.36. The Labute approximate surface area is 155 Å². The zero-order valence-electron chi connectivity index (χ0n) is 14.4. The molecule has 0 aliphatic carbocycles. The first-order valence-electron chi connectivity index (χ1n) is 8.15. The maximum Gasteiger partial charge on any atom is 0.126 e. The van der Waals surface area contributed by atoms with Gasteiger partial charge in [-0.15, -0.1) is 11.3 Å². The number of fused-ring (bicyclic) bond motifs is 1. The van der Waals surface area contributed by atoms with Crippen molar-refractivity contribution in [2.75, 3.05) is 7.11 Å². The maximum atomic E-state index is 9.70. The van der Waals surface area contributed by atoms with Crippen LogP contribution in [-0.4, -0.2) is 27.2 Å². The molecule has 2 aromatic carbocycles. The first-order chi connectivity index (χ1) is 12.6. The molecule has 0 bridgehead atoms. The van der Waals surface area contributed by atoms with Crippen LogP contribution in [0.2, 0.25) is 0 Å². The van der Waals surface area contributed by atoms with Gasteiger partial charge in [0.05, 0.1) is 34.4 Å². The summed E-state index contributed by atoms with van der Waals surface area (Å²) in [6.45, 7) is 2.47. The number of aromatic hydroxyl groups is 1. The highest BCUT2D eigenvalue weighted by Gasteiger charge is 2.13. The summed E-state index contributed by atoms with van der Waals surface area (Å²) in [5, 5.41) is 10.6. The molecule has 5 nitrogen and oxygen atoms in total. The van der Waals surface area contributed by atoms with Gasteiger partial charge in [-0.25, -0.2) is 9.97 Å². The number of phenolic OH excluding ortho intramolecular Hbond substituents is 1. The van der Waals surface area contributed by atoms with Crippen molar-refractivity contribution in [1.29, 1.82) is 0 Å². The predicted octanol–water partition coefficient (Wildman–Crippen LogP) is 4.58. The minimum atomic E-state index is 0.245. The first kappa shape index (κ1) is 16.6. The number of aromatic nitrogens is 3. The van der Waals surface area contributed by atoms with Crippen LogP contribution >= 0.6 is 11.3 Å². The fourth-order valence-electron chi connectivity index (χ4n) is 2.87. The Kier molecular flexibility index (Phi) is 4.36. The molecule has 2 heterocycles. The Balaban J connectivity index is 1.82. The van der Waals surface area contributed by atoms with Gasteiger partial charge in [0.1, 0.15) is 10.8 Å². The van der Waals surface area contributed by atoms with Gasteiger partial charge in [0.2, 0.25) is 0 Å². The van der Waals surface area contributed by atoms with Crippen molar-refractivity contribution < 1.29 is 9.84 Å². The van der Waals surface area contributed by atoms with Crippen molar-refractivity contribution in [1.82, 2.24) is 15.0 Å². The molecule has 0 atom stereocenters. The van der Waals surface area contributed by atoms with Gasteiger partial charge in [0.15, 0.2) is 0 Å². The van der Waals surface area contributed by atoms with Crippen LogP contribution in [-0.2, 0) is 11.3 Å². The van der Waals surface area contributed by atoms with Crippen molar-refractivity contribution >= 4 is 22.4 Å². The van der Waals surface area contributed by atoms with E-state index < -0.39 is 0 Å². The van der Waals surface area contributed by atoms with Crippen molar-refractivity contribution in [3.05, 3.63) is 60.0 Å². The third-order valence-corrected chi connectivity index (χ3v) is 5.08. The van der Waals surface area contributed by atoms with E-state index in [1.54, 1.807) is 36.8 Å². The summed E-state index contributed by atoms with van der Waals surface area (Å²) < 4.78 is 5.15. The minimum Gasteiger partial charge on any atom is -0.508 e. The number of aryl methyl sites for hydroxylation is 1. The summed E-state index contributed by atoms with van der Waals surface area (Å²) in [5.41, 5.74) is 5.48.